The van der Waals surface area contributed by atoms with E-state index in [0.717, 1.165) is 18.9 Å². The van der Waals surface area contributed by atoms with Crippen LogP contribution in [0.4, 0.5) is 20.3 Å². The van der Waals surface area contributed by atoms with Crippen molar-refractivity contribution in [2.45, 2.75) is 31.9 Å². The van der Waals surface area contributed by atoms with Crippen LogP contribution in [-0.4, -0.2) is 60.9 Å². The molecule has 1 aromatic carbocycles. The van der Waals surface area contributed by atoms with Crippen molar-refractivity contribution >= 4 is 41.3 Å². The van der Waals surface area contributed by atoms with Crippen molar-refractivity contribution in [3.8, 4) is 11.8 Å². The zero-order valence-electron chi connectivity index (χ0n) is 20.9. The van der Waals surface area contributed by atoms with Gasteiger partial charge in [0.15, 0.2) is 23.2 Å². The maximum absolute atomic E-state index is 15.2. The summed E-state index contributed by atoms with van der Waals surface area (Å²) in [6.45, 7) is 2.61. The lowest BCUT2D eigenvalue weighted by Gasteiger charge is -2.60. The molecule has 1 aliphatic carbocycles. The summed E-state index contributed by atoms with van der Waals surface area (Å²) in [7, 11) is -3.13. The molecule has 4 heterocycles. The number of anilines is 2. The number of aromatic nitrogens is 5. The van der Waals surface area contributed by atoms with Crippen LogP contribution in [-0.2, 0) is 9.09 Å². The molecule has 39 heavy (non-hydrogen) atoms. The fraction of sp³-hybridized carbons (Fsp3) is 0.391. The summed E-state index contributed by atoms with van der Waals surface area (Å²) < 4.78 is 51.2. The first-order valence-electron chi connectivity index (χ1n) is 12.1. The highest BCUT2D eigenvalue weighted by Gasteiger charge is 2.54. The summed E-state index contributed by atoms with van der Waals surface area (Å²) in [5.41, 5.74) is 7.15. The van der Waals surface area contributed by atoms with E-state index in [1.54, 1.807) is 7.05 Å². The molecule has 0 unspecified atom stereocenters. The molecule has 2 aliphatic rings. The van der Waals surface area contributed by atoms with E-state index in [2.05, 4.69) is 34.8 Å². The molecule has 3 aromatic heterocycles. The van der Waals surface area contributed by atoms with Crippen LogP contribution in [0.3, 0.4) is 0 Å². The smallest absolute Gasteiger partial charge is 0.421 e. The monoisotopic (exact) mass is 562 g/mol. The van der Waals surface area contributed by atoms with E-state index < -0.39 is 25.6 Å². The average molecular weight is 562 g/mol. The quantitative estimate of drug-likeness (QED) is 0.208. The Morgan fingerprint density at radius 3 is 2.56 bits per heavy atom. The molecule has 1 spiro atoms. The second kappa shape index (κ2) is 9.03. The van der Waals surface area contributed by atoms with Gasteiger partial charge in [-0.05, 0) is 19.8 Å². The number of nitrogens with two attached hydrogens (primary N) is 1. The minimum absolute atomic E-state index is 0.0261. The first-order valence-corrected chi connectivity index (χ1v) is 13.6. The highest BCUT2D eigenvalue weighted by atomic mass is 31.2. The van der Waals surface area contributed by atoms with Crippen LogP contribution in [0.25, 0.3) is 21.9 Å². The summed E-state index contributed by atoms with van der Waals surface area (Å²) in [6.07, 6.45) is 3.41. The third-order valence-electron chi connectivity index (χ3n) is 7.42. The predicted octanol–water partition coefficient (Wildman–Crippen LogP) is 3.11. The number of ether oxygens (including phenoxy) is 1. The molecule has 0 bridgehead atoms. The van der Waals surface area contributed by atoms with E-state index in [0.29, 0.717) is 35.5 Å². The zero-order valence-corrected chi connectivity index (χ0v) is 21.7. The second-order valence-electron chi connectivity index (χ2n) is 9.88. The molecule has 1 saturated heterocycles. The minimum Gasteiger partial charge on any atom is -0.421 e. The van der Waals surface area contributed by atoms with Crippen molar-refractivity contribution in [1.82, 2.24) is 24.9 Å². The van der Waals surface area contributed by atoms with E-state index in [-0.39, 0.29) is 40.1 Å². The van der Waals surface area contributed by atoms with Gasteiger partial charge in [0.2, 0.25) is 0 Å². The Hall–Kier alpha value is -3.49. The number of benzene rings is 1. The first kappa shape index (κ1) is 25.8. The first-order chi connectivity index (χ1) is 18.5. The number of nitrogens with one attached hydrogen (secondary N) is 2. The average Bonchev–Trinajstić information content (AvgIpc) is 3.23. The standard InChI is InChI=1S/C23H25F2N8O5P/c1-10(38-39(34,35)36)19-28-6-11(7-29-19)37-22-31-20-16(15-17(25)12(24)5-13(27-2)18(15)30-20)21(32-22)33-8-23(9-33)4-3-14(23)26/h5-7,10,14,27H,3-4,8-9,26H2,1-2H3,(H,30,31,32)(H2,34,35,36)/t10-,14-/m0/s1. The molecule has 4 aromatic rings. The SMILES string of the molecule is CNc1cc(F)c(F)c2c1[nH]c1nc(Oc3cnc([C@H](C)OP(=O)(O)O)nc3)nc(N3CC4(CC[C@@H]4N)C3)c12. The van der Waals surface area contributed by atoms with Gasteiger partial charge in [0.1, 0.15) is 17.6 Å². The Labute approximate surface area is 220 Å². The molecule has 0 amide bonds. The second-order valence-corrected chi connectivity index (χ2v) is 11.1. The lowest BCUT2D eigenvalue weighted by molar-refractivity contribution is 0.0559. The van der Waals surface area contributed by atoms with Crippen molar-refractivity contribution in [2.75, 3.05) is 30.4 Å². The Morgan fingerprint density at radius 2 is 1.97 bits per heavy atom. The maximum atomic E-state index is 15.2. The Kier molecular flexibility index (Phi) is 5.97. The van der Waals surface area contributed by atoms with Crippen LogP contribution in [0.1, 0.15) is 31.7 Å². The van der Waals surface area contributed by atoms with E-state index in [1.165, 1.54) is 19.3 Å². The molecular formula is C23H25F2N8O5P. The fourth-order valence-electron chi connectivity index (χ4n) is 5.25. The van der Waals surface area contributed by atoms with Crippen LogP contribution in [0, 0.1) is 17.0 Å². The van der Waals surface area contributed by atoms with Crippen LogP contribution >= 0.6 is 7.82 Å². The van der Waals surface area contributed by atoms with Crippen molar-refractivity contribution in [3.05, 3.63) is 35.9 Å². The number of hydrogen-bond donors (Lipinski definition) is 5. The fourth-order valence-corrected chi connectivity index (χ4v) is 5.76. The Balaban J connectivity index is 1.40. The number of rotatable bonds is 7. The van der Waals surface area contributed by atoms with Crippen molar-refractivity contribution in [3.63, 3.8) is 0 Å². The lowest BCUT2D eigenvalue weighted by Crippen LogP contribution is -2.69. The van der Waals surface area contributed by atoms with Crippen LogP contribution in [0.5, 0.6) is 11.8 Å². The number of hydrogen-bond acceptors (Lipinski definition) is 10. The third-order valence-corrected chi connectivity index (χ3v) is 8.01. The highest BCUT2D eigenvalue weighted by molar-refractivity contribution is 7.46. The molecule has 1 aliphatic heterocycles. The molecule has 6 rings (SSSR count). The molecule has 13 nitrogen and oxygen atoms in total. The predicted molar refractivity (Wildman–Crippen MR) is 136 cm³/mol. The topological polar surface area (TPSA) is 185 Å². The number of nitrogens with zero attached hydrogens (tertiary/aromatic N) is 5. The number of H-pyrrole nitrogens is 1. The van der Waals surface area contributed by atoms with E-state index in [4.69, 9.17) is 20.3 Å². The summed E-state index contributed by atoms with van der Waals surface area (Å²) in [6, 6.07) is 1.05. The number of phosphoric ester groups is 1. The third kappa shape index (κ3) is 4.36. The summed E-state index contributed by atoms with van der Waals surface area (Å²) in [5, 5.41) is 3.22. The van der Waals surface area contributed by atoms with Gasteiger partial charge < -0.3 is 35.5 Å². The number of fused-ring (bicyclic) bond motifs is 3. The van der Waals surface area contributed by atoms with Gasteiger partial charge in [0.05, 0.1) is 34.4 Å². The van der Waals surface area contributed by atoms with E-state index >= 15 is 4.39 Å². The van der Waals surface area contributed by atoms with Crippen LogP contribution < -0.4 is 20.7 Å². The number of aromatic amines is 1. The minimum atomic E-state index is -4.73. The summed E-state index contributed by atoms with van der Waals surface area (Å²) in [4.78, 5) is 40.1. The molecule has 16 heteroatoms. The Bertz CT molecular complexity index is 1640. The van der Waals surface area contributed by atoms with Gasteiger partial charge in [-0.15, -0.1) is 0 Å². The number of phosphoric acid groups is 1. The lowest BCUT2D eigenvalue weighted by atomic mass is 9.60. The van der Waals surface area contributed by atoms with Crippen molar-refractivity contribution < 1.29 is 32.4 Å². The van der Waals surface area contributed by atoms with Gasteiger partial charge in [-0.1, -0.05) is 0 Å². The largest absolute Gasteiger partial charge is 0.470 e. The highest BCUT2D eigenvalue weighted by Crippen LogP contribution is 2.50. The number of halogens is 2. The normalized spacial score (nSPS) is 19.3. The van der Waals surface area contributed by atoms with Crippen molar-refractivity contribution in [2.24, 2.45) is 11.1 Å². The summed E-state index contributed by atoms with van der Waals surface area (Å²) >= 11 is 0. The van der Waals surface area contributed by atoms with E-state index in [9.17, 15) is 8.96 Å². The van der Waals surface area contributed by atoms with Gasteiger partial charge in [-0.2, -0.15) is 9.97 Å². The molecule has 2 atom stereocenters. The van der Waals surface area contributed by atoms with Gasteiger partial charge in [-0.25, -0.2) is 23.3 Å². The van der Waals surface area contributed by atoms with Gasteiger partial charge in [0, 0.05) is 37.7 Å². The zero-order chi connectivity index (χ0) is 27.7. The van der Waals surface area contributed by atoms with Crippen LogP contribution in [0.15, 0.2) is 18.5 Å². The van der Waals surface area contributed by atoms with Gasteiger partial charge in [-0.3, -0.25) is 4.52 Å². The summed E-state index contributed by atoms with van der Waals surface area (Å²) in [5.74, 6) is -1.48. The molecular weight excluding hydrogens is 537 g/mol. The van der Waals surface area contributed by atoms with Crippen LogP contribution in [0.2, 0.25) is 0 Å². The molecule has 6 N–H and O–H groups in total. The Morgan fingerprint density at radius 1 is 1.26 bits per heavy atom. The van der Waals surface area contributed by atoms with Gasteiger partial charge >= 0.3 is 13.8 Å². The maximum Gasteiger partial charge on any atom is 0.470 e. The molecule has 0 radical (unpaired) electrons. The molecule has 1 saturated carbocycles. The molecule has 206 valence electrons. The van der Waals surface area contributed by atoms with Gasteiger partial charge in [0.25, 0.3) is 0 Å². The molecule has 2 fully saturated rings. The van der Waals surface area contributed by atoms with Crippen molar-refractivity contribution in [1.29, 1.82) is 0 Å². The van der Waals surface area contributed by atoms with E-state index in [1.807, 2.05) is 4.90 Å².